The maximum atomic E-state index is 12.2. The summed E-state index contributed by atoms with van der Waals surface area (Å²) in [5, 5.41) is 3.00. The number of methoxy groups -OCH3 is 1. The summed E-state index contributed by atoms with van der Waals surface area (Å²) >= 11 is 1.69. The van der Waals surface area contributed by atoms with Gasteiger partial charge < -0.3 is 10.1 Å². The van der Waals surface area contributed by atoms with Crippen LogP contribution in [0.3, 0.4) is 0 Å². The number of amides is 1. The molecule has 2 rings (SSSR count). The van der Waals surface area contributed by atoms with Crippen molar-refractivity contribution in [1.29, 1.82) is 0 Å². The van der Waals surface area contributed by atoms with Gasteiger partial charge in [-0.05, 0) is 32.6 Å². The fourth-order valence-electron chi connectivity index (χ4n) is 2.43. The number of β-lactam (4-membered cyclic amide) rings is 1. The Labute approximate surface area is 124 Å². The van der Waals surface area contributed by atoms with Crippen LogP contribution in [0.2, 0.25) is 0 Å². The number of carbonyl (C=O) groups is 2. The van der Waals surface area contributed by atoms with Crippen molar-refractivity contribution in [2.75, 3.05) is 39.9 Å². The fraction of sp³-hybridized carbons (Fsp3) is 0.615. The van der Waals surface area contributed by atoms with Gasteiger partial charge in [-0.1, -0.05) is 5.80 Å². The number of nitrogens with zero attached hydrogens (tertiary/aromatic N) is 1. The fourth-order valence-corrected chi connectivity index (χ4v) is 5.07. The zero-order valence-electron chi connectivity index (χ0n) is 12.5. The number of likely N-dealkylation sites (N-methyl/N-ethyl adjacent to an activating group) is 1. The van der Waals surface area contributed by atoms with Gasteiger partial charge in [-0.2, -0.15) is 0 Å². The molecule has 0 aromatic carbocycles. The molecule has 112 valence electrons. The van der Waals surface area contributed by atoms with E-state index in [0.29, 0.717) is 5.70 Å². The molecule has 1 saturated heterocycles. The van der Waals surface area contributed by atoms with Crippen LogP contribution in [0.25, 0.3) is 0 Å². The van der Waals surface area contributed by atoms with E-state index in [2.05, 4.69) is 31.1 Å². The Kier molecular flexibility index (Phi) is 4.38. The van der Waals surface area contributed by atoms with Crippen LogP contribution in [0.5, 0.6) is 0 Å². The summed E-state index contributed by atoms with van der Waals surface area (Å²) in [6, 6.07) is -0.203. The van der Waals surface area contributed by atoms with Gasteiger partial charge in [-0.3, -0.25) is 9.69 Å². The molecule has 2 heterocycles. The smallest absolute Gasteiger partial charge is 0.355 e. The van der Waals surface area contributed by atoms with Crippen molar-refractivity contribution in [3.8, 4) is 0 Å². The third-order valence-electron chi connectivity index (χ3n) is 3.23. The Morgan fingerprint density at radius 3 is 2.65 bits per heavy atom. The second-order valence-corrected chi connectivity index (χ2v) is 11.4. The summed E-state index contributed by atoms with van der Waals surface area (Å²) in [4.78, 5) is 25.8. The molecule has 2 aliphatic heterocycles. The summed E-state index contributed by atoms with van der Waals surface area (Å²) in [5.41, 5.74) is 1.37. The molecule has 2 atom stereocenters. The van der Waals surface area contributed by atoms with Crippen molar-refractivity contribution in [2.45, 2.75) is 11.4 Å². The summed E-state index contributed by atoms with van der Waals surface area (Å²) in [6.45, 7) is 5.35. The third-order valence-corrected chi connectivity index (χ3v) is 5.62. The minimum atomic E-state index is -1.19. The van der Waals surface area contributed by atoms with Gasteiger partial charge in [0.15, 0.2) is 0 Å². The SMILES string of the molecule is CNC1C(=O)N2C(C(=O)OC)=C(C=P(C)(C)C)CSC12. The maximum absolute atomic E-state index is 12.2. The minimum absolute atomic E-state index is 0.00273. The highest BCUT2D eigenvalue weighted by molar-refractivity contribution is 8.00. The number of nitrogens with one attached hydrogen (secondary N) is 1. The van der Waals surface area contributed by atoms with Crippen molar-refractivity contribution in [1.82, 2.24) is 10.2 Å². The topological polar surface area (TPSA) is 58.6 Å². The van der Waals surface area contributed by atoms with Crippen molar-refractivity contribution in [2.24, 2.45) is 0 Å². The van der Waals surface area contributed by atoms with E-state index >= 15 is 0 Å². The minimum Gasteiger partial charge on any atom is -0.464 e. The Balaban J connectivity index is 2.46. The molecular formula is C13H21N2O3PS. The van der Waals surface area contributed by atoms with E-state index in [4.69, 9.17) is 4.74 Å². The molecule has 1 fully saturated rings. The summed E-state index contributed by atoms with van der Waals surface area (Å²) < 4.78 is 4.88. The van der Waals surface area contributed by atoms with Gasteiger partial charge in [0.05, 0.1) is 7.11 Å². The summed E-state index contributed by atoms with van der Waals surface area (Å²) in [5.74, 6) is 2.43. The van der Waals surface area contributed by atoms with Gasteiger partial charge in [0.2, 0.25) is 5.91 Å². The third kappa shape index (κ3) is 2.69. The van der Waals surface area contributed by atoms with E-state index in [1.807, 2.05) is 0 Å². The number of thioether (sulfide) groups is 1. The van der Waals surface area contributed by atoms with Crippen molar-refractivity contribution in [3.05, 3.63) is 11.3 Å². The molecule has 1 N–H and O–H groups in total. The van der Waals surface area contributed by atoms with Crippen molar-refractivity contribution in [3.63, 3.8) is 0 Å². The molecule has 20 heavy (non-hydrogen) atoms. The Bertz CT molecular complexity index is 529. The van der Waals surface area contributed by atoms with Crippen molar-refractivity contribution >= 4 is 36.3 Å². The van der Waals surface area contributed by atoms with Crippen LogP contribution >= 0.6 is 18.6 Å². The first-order valence-electron chi connectivity index (χ1n) is 6.40. The average Bonchev–Trinajstić information content (AvgIpc) is 2.36. The first kappa shape index (κ1) is 15.7. The molecule has 0 aromatic rings. The van der Waals surface area contributed by atoms with E-state index in [0.717, 1.165) is 11.3 Å². The number of carbonyl (C=O) groups excluding carboxylic acids is 2. The Morgan fingerprint density at radius 1 is 1.50 bits per heavy atom. The molecule has 2 aliphatic rings. The van der Waals surface area contributed by atoms with E-state index in [1.54, 1.807) is 23.7 Å². The lowest BCUT2D eigenvalue weighted by Crippen LogP contribution is -2.69. The molecule has 1 amide bonds. The molecule has 2 unspecified atom stereocenters. The number of fused-ring (bicyclic) bond motifs is 1. The lowest BCUT2D eigenvalue weighted by molar-refractivity contribution is -0.150. The summed E-state index contributed by atoms with van der Waals surface area (Å²) in [7, 11) is 3.13. The molecule has 0 aromatic heterocycles. The highest BCUT2D eigenvalue weighted by Crippen LogP contribution is 2.42. The van der Waals surface area contributed by atoms with Crippen LogP contribution in [-0.2, 0) is 14.3 Å². The Morgan fingerprint density at radius 2 is 2.15 bits per heavy atom. The van der Waals surface area contributed by atoms with Gasteiger partial charge in [-0.15, -0.1) is 18.6 Å². The molecule has 0 saturated carbocycles. The maximum Gasteiger partial charge on any atom is 0.355 e. The van der Waals surface area contributed by atoms with E-state index in [9.17, 15) is 9.59 Å². The molecule has 0 aliphatic carbocycles. The van der Waals surface area contributed by atoms with E-state index in [1.165, 1.54) is 7.11 Å². The van der Waals surface area contributed by atoms with Gasteiger partial charge in [-0.25, -0.2) is 4.79 Å². The van der Waals surface area contributed by atoms with Crippen LogP contribution in [-0.4, -0.2) is 73.9 Å². The predicted molar refractivity (Wildman–Crippen MR) is 85.7 cm³/mol. The zero-order valence-corrected chi connectivity index (χ0v) is 14.2. The largest absolute Gasteiger partial charge is 0.464 e. The second-order valence-electron chi connectivity index (χ2n) is 5.79. The molecule has 0 radical (unpaired) electrons. The zero-order chi connectivity index (χ0) is 15.1. The number of esters is 1. The van der Waals surface area contributed by atoms with Gasteiger partial charge in [0.1, 0.15) is 17.1 Å². The average molecular weight is 316 g/mol. The molecule has 0 spiro atoms. The van der Waals surface area contributed by atoms with Gasteiger partial charge in [0, 0.05) is 5.75 Å². The van der Waals surface area contributed by atoms with Gasteiger partial charge >= 0.3 is 5.97 Å². The van der Waals surface area contributed by atoms with Gasteiger partial charge in [0.25, 0.3) is 0 Å². The first-order chi connectivity index (χ1) is 9.30. The molecular weight excluding hydrogens is 295 g/mol. The van der Waals surface area contributed by atoms with E-state index < -0.39 is 12.9 Å². The predicted octanol–water partition coefficient (Wildman–Crippen LogP) is 0.626. The lowest BCUT2D eigenvalue weighted by atomic mass is 10.0. The standard InChI is InChI=1S/C13H21N2O3PS/c1-14-9-11(16)15-10(13(17)18-2)8(6-19(3,4)5)7-20-12(9)15/h6,9,12,14H,7H2,1-5H3. The van der Waals surface area contributed by atoms with Crippen LogP contribution in [0.1, 0.15) is 0 Å². The number of rotatable bonds is 3. The Hall–Kier alpha value is -0.710. The van der Waals surface area contributed by atoms with Crippen LogP contribution in [0.15, 0.2) is 11.3 Å². The number of hydrogen-bond acceptors (Lipinski definition) is 5. The van der Waals surface area contributed by atoms with Crippen LogP contribution in [0, 0.1) is 0 Å². The van der Waals surface area contributed by atoms with Crippen molar-refractivity contribution < 1.29 is 14.3 Å². The lowest BCUT2D eigenvalue weighted by Gasteiger charge is -2.49. The number of ether oxygens (including phenoxy) is 1. The quantitative estimate of drug-likeness (QED) is 0.470. The summed E-state index contributed by atoms with van der Waals surface area (Å²) in [6.07, 6.45) is 0. The monoisotopic (exact) mass is 316 g/mol. The normalized spacial score (nSPS) is 26.1. The molecule has 5 nitrogen and oxygen atoms in total. The van der Waals surface area contributed by atoms with Crippen LogP contribution in [0.4, 0.5) is 0 Å². The molecule has 0 bridgehead atoms. The first-order valence-corrected chi connectivity index (χ1v) is 10.7. The van der Waals surface area contributed by atoms with E-state index in [-0.39, 0.29) is 17.3 Å². The van der Waals surface area contributed by atoms with Crippen LogP contribution < -0.4 is 5.32 Å². The highest BCUT2D eigenvalue weighted by Gasteiger charge is 2.52. The molecule has 7 heteroatoms. The number of hydrogen-bond donors (Lipinski definition) is 1. The highest BCUT2D eigenvalue weighted by atomic mass is 32.2. The second kappa shape index (κ2) is 5.58.